The largest absolute Gasteiger partial charge is 0.506 e. The summed E-state index contributed by atoms with van der Waals surface area (Å²) >= 11 is 0. The molecule has 2 bridgehead atoms. The van der Waals surface area contributed by atoms with Gasteiger partial charge in [-0.1, -0.05) is 60.7 Å². The fraction of sp³-hybridized carbons (Fsp3) is 0.293. The molecule has 54 heavy (non-hydrogen) atoms. The van der Waals surface area contributed by atoms with Crippen LogP contribution < -0.4 is 31.2 Å². The Morgan fingerprint density at radius 1 is 0.889 bits per heavy atom. The maximum Gasteiger partial charge on any atom is 0.408 e. The van der Waals surface area contributed by atoms with Gasteiger partial charge in [0.1, 0.15) is 17.6 Å². The van der Waals surface area contributed by atoms with Gasteiger partial charge in [0.25, 0.3) is 5.91 Å². The van der Waals surface area contributed by atoms with E-state index in [2.05, 4.69) is 26.0 Å². The second-order valence-electron chi connectivity index (χ2n) is 13.6. The lowest BCUT2D eigenvalue weighted by atomic mass is 9.86. The quantitative estimate of drug-likeness (QED) is 0.0895. The summed E-state index contributed by atoms with van der Waals surface area (Å²) in [6, 6.07) is 29.4. The van der Waals surface area contributed by atoms with Crippen molar-refractivity contribution in [1.29, 1.82) is 0 Å². The first-order valence-electron chi connectivity index (χ1n) is 18.0. The molecule has 6 N–H and O–H groups in total. The first-order chi connectivity index (χ1) is 26.3. The van der Waals surface area contributed by atoms with Crippen LogP contribution in [0, 0.1) is 5.92 Å². The van der Waals surface area contributed by atoms with Crippen molar-refractivity contribution in [2.45, 2.75) is 37.6 Å². The number of hydrogen-bond donors (Lipinski definition) is 6. The predicted molar refractivity (Wildman–Crippen MR) is 201 cm³/mol. The molecule has 280 valence electrons. The number of benzene rings is 4. The van der Waals surface area contributed by atoms with Crippen molar-refractivity contribution in [1.82, 2.24) is 26.0 Å². The molecule has 13 nitrogen and oxygen atoms in total. The molecule has 1 aromatic heterocycles. The van der Waals surface area contributed by atoms with Crippen LogP contribution in [0.15, 0.2) is 108 Å². The van der Waals surface area contributed by atoms with Gasteiger partial charge in [0.2, 0.25) is 5.56 Å². The Labute approximate surface area is 311 Å². The van der Waals surface area contributed by atoms with Crippen molar-refractivity contribution in [3.8, 4) is 17.2 Å². The zero-order valence-electron chi connectivity index (χ0n) is 29.6. The van der Waals surface area contributed by atoms with E-state index < -0.39 is 24.1 Å². The van der Waals surface area contributed by atoms with Crippen LogP contribution >= 0.6 is 0 Å². The fourth-order valence-electron chi connectivity index (χ4n) is 7.15. The number of aromatic nitrogens is 1. The molecule has 3 aliphatic rings. The maximum atomic E-state index is 13.2. The minimum Gasteiger partial charge on any atom is -0.506 e. The van der Waals surface area contributed by atoms with Crippen molar-refractivity contribution in [2.24, 2.45) is 5.92 Å². The molecule has 3 aliphatic heterocycles. The zero-order valence-corrected chi connectivity index (χ0v) is 29.6. The molecule has 0 radical (unpaired) electrons. The number of aromatic amines is 1. The van der Waals surface area contributed by atoms with E-state index in [1.807, 2.05) is 48.5 Å². The number of hydroxylamine groups is 1. The van der Waals surface area contributed by atoms with Gasteiger partial charge >= 0.3 is 6.09 Å². The first kappa shape index (κ1) is 36.5. The Morgan fingerprint density at radius 3 is 2.46 bits per heavy atom. The van der Waals surface area contributed by atoms with Crippen LogP contribution in [0.5, 0.6) is 17.2 Å². The van der Waals surface area contributed by atoms with Crippen molar-refractivity contribution in [2.75, 3.05) is 32.8 Å². The highest BCUT2D eigenvalue weighted by atomic mass is 16.7. The van der Waals surface area contributed by atoms with Gasteiger partial charge < -0.3 is 40.1 Å². The van der Waals surface area contributed by atoms with E-state index in [0.717, 1.165) is 49.2 Å². The molecule has 0 aliphatic carbocycles. The van der Waals surface area contributed by atoms with Gasteiger partial charge in [-0.2, -0.15) is 5.48 Å². The van der Waals surface area contributed by atoms with E-state index >= 15 is 0 Å². The Bertz CT molecular complexity index is 2140. The molecule has 8 rings (SSSR count). The van der Waals surface area contributed by atoms with Crippen molar-refractivity contribution in [3.63, 3.8) is 0 Å². The number of piperidine rings is 3. The number of amides is 2. The number of rotatable bonds is 14. The Balaban J connectivity index is 0.898. The summed E-state index contributed by atoms with van der Waals surface area (Å²) in [7, 11) is 0. The number of ether oxygens (including phenoxy) is 2. The number of aliphatic hydroxyl groups is 1. The molecule has 0 spiro atoms. The highest BCUT2D eigenvalue weighted by molar-refractivity contribution is 5.87. The number of hydrogen-bond acceptors (Lipinski definition) is 10. The average molecular weight is 734 g/mol. The standard InChI is InChI=1S/C41H43N5O8/c47-34-14-12-32(33-13-15-37(49)43-40(33)34)35(48)23-42-22-26-6-4-11-31(20-26)54-45-38(50)25-52-30-10-5-9-29(21-30)39(28-7-2-1-3-8-28)44-41(51)53-36-24-46-18-16-27(36)17-19-46/h1-15,20-21,27,35-36,39,42,47-48H,16-19,22-25H2,(H,43,49)(H,44,51)(H,45,50)/t35-,36-,39-/m0/s1. The molecule has 0 unspecified atom stereocenters. The van der Waals surface area contributed by atoms with Crippen molar-refractivity contribution < 1.29 is 34.1 Å². The lowest BCUT2D eigenvalue weighted by Gasteiger charge is -2.43. The summed E-state index contributed by atoms with van der Waals surface area (Å²) in [5.41, 5.74) is 5.39. The normalized spacial score (nSPS) is 18.7. The van der Waals surface area contributed by atoms with Gasteiger partial charge in [0.05, 0.1) is 17.7 Å². The van der Waals surface area contributed by atoms with Crippen molar-refractivity contribution in [3.05, 3.63) is 136 Å². The maximum absolute atomic E-state index is 13.2. The van der Waals surface area contributed by atoms with E-state index in [1.165, 1.54) is 12.1 Å². The summed E-state index contributed by atoms with van der Waals surface area (Å²) in [6.45, 7) is 3.17. The summed E-state index contributed by atoms with van der Waals surface area (Å²) in [6.07, 6.45) is 0.595. The zero-order chi connectivity index (χ0) is 37.4. The van der Waals surface area contributed by atoms with Crippen LogP contribution in [-0.4, -0.2) is 71.0 Å². The number of carbonyl (C=O) groups excluding carboxylic acids is 2. The smallest absolute Gasteiger partial charge is 0.408 e. The minimum atomic E-state index is -0.907. The number of nitrogens with zero attached hydrogens (tertiary/aromatic N) is 1. The van der Waals surface area contributed by atoms with Gasteiger partial charge in [0, 0.05) is 31.1 Å². The number of aliphatic hydroxyl groups excluding tert-OH is 1. The highest BCUT2D eigenvalue weighted by Crippen LogP contribution is 2.31. The topological polar surface area (TPSA) is 174 Å². The molecular formula is C41H43N5O8. The number of pyridine rings is 1. The number of aromatic hydroxyl groups is 1. The van der Waals surface area contributed by atoms with Gasteiger partial charge in [-0.25, -0.2) is 4.79 Å². The number of H-pyrrole nitrogens is 1. The van der Waals surface area contributed by atoms with Gasteiger partial charge in [-0.05, 0) is 90.5 Å². The average Bonchev–Trinajstić information content (AvgIpc) is 3.19. The third kappa shape index (κ3) is 9.00. The van der Waals surface area contributed by atoms with Crippen LogP contribution in [0.2, 0.25) is 0 Å². The predicted octanol–water partition coefficient (Wildman–Crippen LogP) is 4.46. The summed E-state index contributed by atoms with van der Waals surface area (Å²) in [5.74, 6) is 0.662. The van der Waals surface area contributed by atoms with Crippen LogP contribution in [0.4, 0.5) is 4.79 Å². The van der Waals surface area contributed by atoms with Crippen LogP contribution in [0.1, 0.15) is 47.2 Å². The Hall–Kier alpha value is -5.89. The third-order valence-electron chi connectivity index (χ3n) is 9.92. The first-order valence-corrected chi connectivity index (χ1v) is 18.0. The molecule has 4 aromatic carbocycles. The summed E-state index contributed by atoms with van der Waals surface area (Å²) in [4.78, 5) is 48.1. The number of carbonyl (C=O) groups is 2. The Kier molecular flexibility index (Phi) is 11.4. The highest BCUT2D eigenvalue weighted by Gasteiger charge is 2.37. The van der Waals surface area contributed by atoms with Crippen LogP contribution in [0.25, 0.3) is 10.9 Å². The van der Waals surface area contributed by atoms with Gasteiger partial charge in [-0.15, -0.1) is 0 Å². The Morgan fingerprint density at radius 2 is 1.67 bits per heavy atom. The SMILES string of the molecule is O=C(COc1cccc([C@@H](NC(=O)O[C@H]2CN3CCC2CC3)c2ccccc2)c1)NOc1cccc(CNC[C@H](O)c2ccc(O)c3[nH]c(=O)ccc23)c1. The molecular weight excluding hydrogens is 690 g/mol. The van der Waals surface area contributed by atoms with Gasteiger partial charge in [-0.3, -0.25) is 14.5 Å². The van der Waals surface area contributed by atoms with E-state index in [-0.39, 0.29) is 36.1 Å². The van der Waals surface area contributed by atoms with Crippen LogP contribution in [-0.2, 0) is 16.1 Å². The third-order valence-corrected chi connectivity index (χ3v) is 9.92. The molecule has 3 saturated heterocycles. The van der Waals surface area contributed by atoms with E-state index in [9.17, 15) is 24.6 Å². The molecule has 3 fully saturated rings. The monoisotopic (exact) mass is 733 g/mol. The minimum absolute atomic E-state index is 0.0733. The van der Waals surface area contributed by atoms with Crippen LogP contribution in [0.3, 0.4) is 0 Å². The number of phenolic OH excluding ortho intramolecular Hbond substituents is 1. The lowest BCUT2D eigenvalue weighted by Crippen LogP contribution is -2.52. The van der Waals surface area contributed by atoms with Crippen molar-refractivity contribution >= 4 is 22.9 Å². The van der Waals surface area contributed by atoms with E-state index in [1.54, 1.807) is 42.5 Å². The van der Waals surface area contributed by atoms with E-state index in [0.29, 0.717) is 34.9 Å². The number of phenols is 1. The second-order valence-corrected chi connectivity index (χ2v) is 13.6. The lowest BCUT2D eigenvalue weighted by molar-refractivity contribution is -0.129. The summed E-state index contributed by atoms with van der Waals surface area (Å²) < 4.78 is 11.7. The van der Waals surface area contributed by atoms with E-state index in [4.69, 9.17) is 14.3 Å². The summed E-state index contributed by atoms with van der Waals surface area (Å²) in [5, 5.41) is 27.8. The number of nitrogens with one attached hydrogen (secondary N) is 4. The molecule has 13 heteroatoms. The molecule has 5 aromatic rings. The number of alkyl carbamates (subject to hydrolysis) is 1. The molecule has 3 atom stereocenters. The number of fused-ring (bicyclic) bond motifs is 4. The molecule has 0 saturated carbocycles. The molecule has 2 amide bonds. The molecule has 4 heterocycles. The van der Waals surface area contributed by atoms with Gasteiger partial charge in [0.15, 0.2) is 12.4 Å². The fourth-order valence-corrected chi connectivity index (χ4v) is 7.15. The second kappa shape index (κ2) is 16.8.